The summed E-state index contributed by atoms with van der Waals surface area (Å²) in [6, 6.07) is 3.58. The average Bonchev–Trinajstić information content (AvgIpc) is 2.16. The van der Waals surface area contributed by atoms with Crippen molar-refractivity contribution in [2.24, 2.45) is 5.73 Å². The zero-order valence-electron chi connectivity index (χ0n) is 7.87. The van der Waals surface area contributed by atoms with Gasteiger partial charge in [-0.2, -0.15) is 0 Å². The molecule has 0 amide bonds. The Morgan fingerprint density at radius 1 is 1.57 bits per heavy atom. The Kier molecular flexibility index (Phi) is 3.86. The van der Waals surface area contributed by atoms with Crippen molar-refractivity contribution in [3.63, 3.8) is 0 Å². The van der Waals surface area contributed by atoms with Crippen LogP contribution in [0.5, 0.6) is 0 Å². The third-order valence-electron chi connectivity index (χ3n) is 2.17. The predicted molar refractivity (Wildman–Crippen MR) is 54.6 cm³/mol. The fourth-order valence-electron chi connectivity index (χ4n) is 1.28. The molecule has 0 aliphatic carbocycles. The van der Waals surface area contributed by atoms with Gasteiger partial charge in [-0.15, -0.1) is 0 Å². The first kappa shape index (κ1) is 11.4. The van der Waals surface area contributed by atoms with Crippen LogP contribution in [0.1, 0.15) is 24.9 Å². The average molecular weight is 218 g/mol. The van der Waals surface area contributed by atoms with Gasteiger partial charge in [0.05, 0.1) is 12.1 Å². The molecule has 4 heteroatoms. The minimum atomic E-state index is -0.774. The van der Waals surface area contributed by atoms with Gasteiger partial charge in [0.15, 0.2) is 0 Å². The molecule has 3 N–H and O–H groups in total. The normalized spacial score (nSPS) is 15.2. The SMILES string of the molecule is CC[C@H](O)[C@H](N)c1c(F)cccc1Cl. The van der Waals surface area contributed by atoms with Crippen molar-refractivity contribution >= 4 is 11.6 Å². The molecule has 2 atom stereocenters. The lowest BCUT2D eigenvalue weighted by Gasteiger charge is -2.19. The smallest absolute Gasteiger partial charge is 0.129 e. The van der Waals surface area contributed by atoms with Crippen molar-refractivity contribution in [2.75, 3.05) is 0 Å². The Morgan fingerprint density at radius 2 is 2.21 bits per heavy atom. The maximum absolute atomic E-state index is 13.3. The van der Waals surface area contributed by atoms with Crippen LogP contribution >= 0.6 is 11.6 Å². The Balaban J connectivity index is 3.05. The Hall–Kier alpha value is -0.640. The monoisotopic (exact) mass is 217 g/mol. The van der Waals surface area contributed by atoms with E-state index in [1.165, 1.54) is 12.1 Å². The maximum Gasteiger partial charge on any atom is 0.129 e. The highest BCUT2D eigenvalue weighted by molar-refractivity contribution is 6.31. The van der Waals surface area contributed by atoms with Crippen LogP contribution in [0, 0.1) is 5.82 Å². The number of aliphatic hydroxyl groups excluding tert-OH is 1. The van der Waals surface area contributed by atoms with Gasteiger partial charge in [-0.1, -0.05) is 24.6 Å². The number of nitrogens with two attached hydrogens (primary N) is 1. The molecule has 1 aromatic rings. The molecule has 0 saturated heterocycles. The molecule has 0 aromatic heterocycles. The Morgan fingerprint density at radius 3 is 2.71 bits per heavy atom. The number of benzene rings is 1. The van der Waals surface area contributed by atoms with Crippen molar-refractivity contribution in [1.82, 2.24) is 0 Å². The fourth-order valence-corrected chi connectivity index (χ4v) is 1.56. The van der Waals surface area contributed by atoms with Gasteiger partial charge < -0.3 is 10.8 Å². The quantitative estimate of drug-likeness (QED) is 0.816. The van der Waals surface area contributed by atoms with E-state index < -0.39 is 18.0 Å². The molecule has 1 aromatic carbocycles. The predicted octanol–water partition coefficient (Wildman–Crippen LogP) is 2.25. The van der Waals surface area contributed by atoms with E-state index in [0.717, 1.165) is 0 Å². The highest BCUT2D eigenvalue weighted by atomic mass is 35.5. The van der Waals surface area contributed by atoms with Crippen LogP contribution in [-0.4, -0.2) is 11.2 Å². The van der Waals surface area contributed by atoms with E-state index in [0.29, 0.717) is 6.42 Å². The van der Waals surface area contributed by atoms with Gasteiger partial charge in [-0.05, 0) is 18.6 Å². The molecular formula is C10H13ClFNO. The second kappa shape index (κ2) is 4.73. The van der Waals surface area contributed by atoms with Gasteiger partial charge >= 0.3 is 0 Å². The molecule has 0 bridgehead atoms. The lowest BCUT2D eigenvalue weighted by molar-refractivity contribution is 0.139. The number of hydrogen-bond donors (Lipinski definition) is 2. The highest BCUT2D eigenvalue weighted by Crippen LogP contribution is 2.27. The molecular weight excluding hydrogens is 205 g/mol. The second-order valence-corrected chi connectivity index (χ2v) is 3.54. The Labute approximate surface area is 87.5 Å². The maximum atomic E-state index is 13.3. The fraction of sp³-hybridized carbons (Fsp3) is 0.400. The van der Waals surface area contributed by atoms with Crippen LogP contribution < -0.4 is 5.73 Å². The summed E-state index contributed by atoms with van der Waals surface area (Å²) in [4.78, 5) is 0. The van der Waals surface area contributed by atoms with E-state index >= 15 is 0 Å². The summed E-state index contributed by atoms with van der Waals surface area (Å²) in [5, 5.41) is 9.73. The summed E-state index contributed by atoms with van der Waals surface area (Å²) in [6.07, 6.45) is -0.310. The van der Waals surface area contributed by atoms with Crippen molar-refractivity contribution < 1.29 is 9.50 Å². The van der Waals surface area contributed by atoms with Crippen LogP contribution in [0.4, 0.5) is 4.39 Å². The van der Waals surface area contributed by atoms with Crippen molar-refractivity contribution in [3.8, 4) is 0 Å². The van der Waals surface area contributed by atoms with Gasteiger partial charge in [-0.3, -0.25) is 0 Å². The molecule has 0 fully saturated rings. The van der Waals surface area contributed by atoms with Crippen molar-refractivity contribution in [3.05, 3.63) is 34.6 Å². The van der Waals surface area contributed by atoms with E-state index in [1.807, 2.05) is 0 Å². The van der Waals surface area contributed by atoms with Crippen LogP contribution in [0.15, 0.2) is 18.2 Å². The molecule has 0 aliphatic heterocycles. The third-order valence-corrected chi connectivity index (χ3v) is 2.50. The molecule has 0 spiro atoms. The number of aliphatic hydroxyl groups is 1. The summed E-state index contributed by atoms with van der Waals surface area (Å²) in [6.45, 7) is 1.78. The van der Waals surface area contributed by atoms with Gasteiger partial charge in [0.25, 0.3) is 0 Å². The zero-order chi connectivity index (χ0) is 10.7. The number of rotatable bonds is 3. The van der Waals surface area contributed by atoms with Crippen LogP contribution in [0.2, 0.25) is 5.02 Å². The van der Waals surface area contributed by atoms with E-state index in [1.54, 1.807) is 13.0 Å². The van der Waals surface area contributed by atoms with E-state index in [2.05, 4.69) is 0 Å². The molecule has 2 nitrogen and oxygen atoms in total. The van der Waals surface area contributed by atoms with Crippen LogP contribution in [0.3, 0.4) is 0 Å². The highest BCUT2D eigenvalue weighted by Gasteiger charge is 2.20. The van der Waals surface area contributed by atoms with Gasteiger partial charge in [0, 0.05) is 10.6 Å². The largest absolute Gasteiger partial charge is 0.391 e. The van der Waals surface area contributed by atoms with E-state index in [9.17, 15) is 9.50 Å². The van der Waals surface area contributed by atoms with Crippen LogP contribution in [0.25, 0.3) is 0 Å². The standard InChI is InChI=1S/C10H13ClFNO/c1-2-8(14)10(13)9-6(11)4-3-5-7(9)12/h3-5,8,10,14H,2,13H2,1H3/t8-,10-/m0/s1. The van der Waals surface area contributed by atoms with Crippen LogP contribution in [-0.2, 0) is 0 Å². The summed E-state index contributed by atoms with van der Waals surface area (Å²) in [7, 11) is 0. The van der Waals surface area contributed by atoms with Crippen molar-refractivity contribution in [1.29, 1.82) is 0 Å². The van der Waals surface area contributed by atoms with Gasteiger partial charge in [-0.25, -0.2) is 4.39 Å². The number of halogens is 2. The zero-order valence-corrected chi connectivity index (χ0v) is 8.63. The van der Waals surface area contributed by atoms with Gasteiger partial charge in [0.2, 0.25) is 0 Å². The molecule has 1 rings (SSSR count). The summed E-state index contributed by atoms with van der Waals surface area (Å²) >= 11 is 5.79. The minimum Gasteiger partial charge on any atom is -0.391 e. The topological polar surface area (TPSA) is 46.2 Å². The first-order valence-electron chi connectivity index (χ1n) is 4.45. The molecule has 14 heavy (non-hydrogen) atoms. The number of hydrogen-bond acceptors (Lipinski definition) is 2. The molecule has 0 heterocycles. The molecule has 0 unspecified atom stereocenters. The summed E-state index contributed by atoms with van der Waals surface area (Å²) < 4.78 is 13.3. The van der Waals surface area contributed by atoms with Crippen molar-refractivity contribution in [2.45, 2.75) is 25.5 Å². The molecule has 0 aliphatic rings. The minimum absolute atomic E-state index is 0.184. The third kappa shape index (κ3) is 2.23. The van der Waals surface area contributed by atoms with E-state index in [-0.39, 0.29) is 10.6 Å². The molecule has 0 saturated carbocycles. The summed E-state index contributed by atoms with van der Waals surface area (Å²) in [5.74, 6) is -0.475. The lowest BCUT2D eigenvalue weighted by atomic mass is 10.00. The van der Waals surface area contributed by atoms with Gasteiger partial charge in [0.1, 0.15) is 5.82 Å². The summed E-state index contributed by atoms with van der Waals surface area (Å²) in [5.41, 5.74) is 5.86. The lowest BCUT2D eigenvalue weighted by Crippen LogP contribution is -2.26. The first-order valence-corrected chi connectivity index (χ1v) is 4.83. The second-order valence-electron chi connectivity index (χ2n) is 3.14. The molecule has 0 radical (unpaired) electrons. The molecule has 78 valence electrons. The first-order chi connectivity index (χ1) is 6.57. The Bertz CT molecular complexity index is 299. The van der Waals surface area contributed by atoms with E-state index in [4.69, 9.17) is 17.3 Å².